The fraction of sp³-hybridized carbons (Fsp3) is 0.538. The van der Waals surface area contributed by atoms with Gasteiger partial charge in [-0.1, -0.05) is 30.5 Å². The Balaban J connectivity index is 2.18. The van der Waals surface area contributed by atoms with Gasteiger partial charge in [-0.05, 0) is 25.3 Å². The molecule has 0 N–H and O–H groups in total. The van der Waals surface area contributed by atoms with Crippen LogP contribution in [0.4, 0.5) is 0 Å². The van der Waals surface area contributed by atoms with Crippen molar-refractivity contribution in [3.8, 4) is 5.75 Å². The number of halogens is 1. The van der Waals surface area contributed by atoms with E-state index in [0.29, 0.717) is 0 Å². The lowest BCUT2D eigenvalue weighted by Gasteiger charge is -2.14. The Kier molecular flexibility index (Phi) is 3.20. The van der Waals surface area contributed by atoms with Crippen LogP contribution < -0.4 is 4.74 Å². The summed E-state index contributed by atoms with van der Waals surface area (Å²) in [6.45, 7) is 2.09. The second-order valence-corrected chi connectivity index (χ2v) is 4.92. The highest BCUT2D eigenvalue weighted by Crippen LogP contribution is 2.42. The van der Waals surface area contributed by atoms with Crippen LogP contribution in [0.25, 0.3) is 0 Å². The zero-order valence-electron chi connectivity index (χ0n) is 9.29. The van der Waals surface area contributed by atoms with Gasteiger partial charge < -0.3 is 4.74 Å². The number of alkyl halides is 1. The Morgan fingerprint density at radius 2 is 2.20 bits per heavy atom. The van der Waals surface area contributed by atoms with Crippen molar-refractivity contribution in [1.82, 2.24) is 0 Å². The van der Waals surface area contributed by atoms with E-state index < -0.39 is 0 Å². The van der Waals surface area contributed by atoms with Crippen LogP contribution in [0, 0.1) is 12.8 Å². The lowest BCUT2D eigenvalue weighted by molar-refractivity contribution is 0.408. The minimum atomic E-state index is 0.104. The molecular weight excluding hydrogens is 208 g/mol. The van der Waals surface area contributed by atoms with Crippen LogP contribution >= 0.6 is 11.6 Å². The maximum Gasteiger partial charge on any atom is 0.123 e. The van der Waals surface area contributed by atoms with Crippen molar-refractivity contribution in [3.05, 3.63) is 29.3 Å². The maximum atomic E-state index is 6.42. The van der Waals surface area contributed by atoms with Gasteiger partial charge in [0.2, 0.25) is 0 Å². The van der Waals surface area contributed by atoms with Crippen LogP contribution in [0.2, 0.25) is 0 Å². The van der Waals surface area contributed by atoms with Gasteiger partial charge in [0.05, 0.1) is 12.5 Å². The van der Waals surface area contributed by atoms with Crippen molar-refractivity contribution in [2.45, 2.75) is 31.6 Å². The molecular formula is C13H17ClO. The third-order valence-electron chi connectivity index (χ3n) is 2.96. The van der Waals surface area contributed by atoms with Gasteiger partial charge in [0.1, 0.15) is 5.75 Å². The summed E-state index contributed by atoms with van der Waals surface area (Å²) in [6, 6.07) is 6.20. The molecule has 0 aliphatic heterocycles. The number of hydrogen-bond acceptors (Lipinski definition) is 1. The molecule has 0 spiro atoms. The van der Waals surface area contributed by atoms with Gasteiger partial charge >= 0.3 is 0 Å². The summed E-state index contributed by atoms with van der Waals surface area (Å²) in [5, 5.41) is 0.104. The highest BCUT2D eigenvalue weighted by Gasteiger charge is 2.26. The average Bonchev–Trinajstić information content (AvgIpc) is 3.01. The van der Waals surface area contributed by atoms with Gasteiger partial charge in [0.25, 0.3) is 0 Å². The fourth-order valence-electron chi connectivity index (χ4n) is 1.87. The second-order valence-electron chi connectivity index (χ2n) is 4.39. The molecule has 1 nitrogen and oxygen atoms in total. The molecule has 0 heterocycles. The maximum absolute atomic E-state index is 6.42. The molecule has 0 bridgehead atoms. The number of benzene rings is 1. The van der Waals surface area contributed by atoms with Crippen molar-refractivity contribution in [1.29, 1.82) is 0 Å². The van der Waals surface area contributed by atoms with E-state index >= 15 is 0 Å². The lowest BCUT2D eigenvalue weighted by atomic mass is 10.0. The number of methoxy groups -OCH3 is 1. The topological polar surface area (TPSA) is 9.23 Å². The first kappa shape index (κ1) is 10.8. The summed E-state index contributed by atoms with van der Waals surface area (Å²) in [7, 11) is 1.70. The molecule has 1 aromatic rings. The minimum absolute atomic E-state index is 0.104. The molecule has 0 amide bonds. The standard InChI is InChI=1S/C13H17ClO/c1-9-3-6-13(15-2)11(7-9)12(14)8-10-4-5-10/h3,6-7,10,12H,4-5,8H2,1-2H3. The van der Waals surface area contributed by atoms with Crippen LogP contribution in [0.5, 0.6) is 5.75 Å². The summed E-state index contributed by atoms with van der Waals surface area (Å²) < 4.78 is 5.34. The third-order valence-corrected chi connectivity index (χ3v) is 3.37. The highest BCUT2D eigenvalue weighted by atomic mass is 35.5. The first-order valence-electron chi connectivity index (χ1n) is 5.49. The molecule has 1 aliphatic rings. The molecule has 1 unspecified atom stereocenters. The Morgan fingerprint density at radius 3 is 2.80 bits per heavy atom. The largest absolute Gasteiger partial charge is 0.496 e. The quantitative estimate of drug-likeness (QED) is 0.701. The summed E-state index contributed by atoms with van der Waals surface area (Å²) in [5.41, 5.74) is 2.39. The first-order chi connectivity index (χ1) is 7.20. The third kappa shape index (κ3) is 2.66. The molecule has 1 aliphatic carbocycles. The Hall–Kier alpha value is -0.690. The SMILES string of the molecule is COc1ccc(C)cc1C(Cl)CC1CC1. The number of aryl methyl sites for hydroxylation is 1. The highest BCUT2D eigenvalue weighted by molar-refractivity contribution is 6.21. The monoisotopic (exact) mass is 224 g/mol. The Bertz CT molecular complexity index is 344. The van der Waals surface area contributed by atoms with Gasteiger partial charge in [-0.25, -0.2) is 0 Å². The minimum Gasteiger partial charge on any atom is -0.496 e. The number of ether oxygens (including phenoxy) is 1. The van der Waals surface area contributed by atoms with Crippen LogP contribution in [0.3, 0.4) is 0 Å². The molecule has 0 aromatic heterocycles. The predicted octanol–water partition coefficient (Wildman–Crippen LogP) is 4.08. The molecule has 0 radical (unpaired) electrons. The van der Waals surface area contributed by atoms with E-state index in [9.17, 15) is 0 Å². The average molecular weight is 225 g/mol. The van der Waals surface area contributed by atoms with Crippen molar-refractivity contribution >= 4 is 11.6 Å². The summed E-state index contributed by atoms with van der Waals surface area (Å²) in [5.74, 6) is 1.76. The zero-order valence-corrected chi connectivity index (χ0v) is 10.1. The predicted molar refractivity (Wildman–Crippen MR) is 63.7 cm³/mol. The molecule has 15 heavy (non-hydrogen) atoms. The van der Waals surface area contributed by atoms with Gasteiger partial charge in [0, 0.05) is 5.56 Å². The molecule has 2 rings (SSSR count). The fourth-order valence-corrected chi connectivity index (χ4v) is 2.29. The zero-order chi connectivity index (χ0) is 10.8. The van der Waals surface area contributed by atoms with E-state index in [1.807, 2.05) is 6.07 Å². The molecule has 0 saturated heterocycles. The van der Waals surface area contributed by atoms with Gasteiger partial charge in [-0.3, -0.25) is 0 Å². The molecule has 2 heteroatoms. The number of rotatable bonds is 4. The van der Waals surface area contributed by atoms with Crippen molar-refractivity contribution in [3.63, 3.8) is 0 Å². The lowest BCUT2D eigenvalue weighted by Crippen LogP contribution is -1.97. The molecule has 1 fully saturated rings. The normalized spacial score (nSPS) is 17.5. The van der Waals surface area contributed by atoms with Gasteiger partial charge in [-0.2, -0.15) is 0 Å². The van der Waals surface area contributed by atoms with Crippen molar-refractivity contribution in [2.24, 2.45) is 5.92 Å². The second kappa shape index (κ2) is 4.44. The molecule has 1 saturated carbocycles. The summed E-state index contributed by atoms with van der Waals surface area (Å²) in [4.78, 5) is 0. The van der Waals surface area contributed by atoms with E-state index in [0.717, 1.165) is 23.7 Å². The first-order valence-corrected chi connectivity index (χ1v) is 5.93. The van der Waals surface area contributed by atoms with Gasteiger partial charge in [-0.15, -0.1) is 11.6 Å². The number of hydrogen-bond donors (Lipinski definition) is 0. The van der Waals surface area contributed by atoms with E-state index in [1.54, 1.807) is 7.11 Å². The van der Waals surface area contributed by atoms with Crippen LogP contribution in [-0.2, 0) is 0 Å². The summed E-state index contributed by atoms with van der Waals surface area (Å²) in [6.07, 6.45) is 3.77. The molecule has 82 valence electrons. The van der Waals surface area contributed by atoms with Gasteiger partial charge in [0.15, 0.2) is 0 Å². The van der Waals surface area contributed by atoms with Crippen molar-refractivity contribution < 1.29 is 4.74 Å². The van der Waals surface area contributed by atoms with E-state index in [2.05, 4.69) is 19.1 Å². The van der Waals surface area contributed by atoms with Crippen LogP contribution in [0.1, 0.15) is 35.8 Å². The Morgan fingerprint density at radius 1 is 1.47 bits per heavy atom. The van der Waals surface area contributed by atoms with E-state index in [-0.39, 0.29) is 5.38 Å². The molecule has 1 aromatic carbocycles. The smallest absolute Gasteiger partial charge is 0.123 e. The van der Waals surface area contributed by atoms with Crippen LogP contribution in [-0.4, -0.2) is 7.11 Å². The summed E-state index contributed by atoms with van der Waals surface area (Å²) >= 11 is 6.42. The van der Waals surface area contributed by atoms with Crippen LogP contribution in [0.15, 0.2) is 18.2 Å². The molecule has 1 atom stereocenters. The van der Waals surface area contributed by atoms with Crippen molar-refractivity contribution in [2.75, 3.05) is 7.11 Å². The van der Waals surface area contributed by atoms with E-state index in [1.165, 1.54) is 18.4 Å². The van der Waals surface area contributed by atoms with E-state index in [4.69, 9.17) is 16.3 Å². The Labute approximate surface area is 96.4 Å².